The Morgan fingerprint density at radius 2 is 0.933 bits per heavy atom. The summed E-state index contributed by atoms with van der Waals surface area (Å²) < 4.78 is 27.6. The summed E-state index contributed by atoms with van der Waals surface area (Å²) >= 11 is 0. The summed E-state index contributed by atoms with van der Waals surface area (Å²) in [5.74, 6) is 0.804. The van der Waals surface area contributed by atoms with Crippen LogP contribution in [0.4, 0.5) is 0 Å². The van der Waals surface area contributed by atoms with Crippen molar-refractivity contribution in [2.45, 2.75) is 76.7 Å². The van der Waals surface area contributed by atoms with Gasteiger partial charge >= 0.3 is 0 Å². The Kier molecular flexibility index (Phi) is 14.2. The molecule has 0 saturated heterocycles. The van der Waals surface area contributed by atoms with E-state index in [2.05, 4.69) is 0 Å². The van der Waals surface area contributed by atoms with Gasteiger partial charge in [0.05, 0.1) is 65.1 Å². The maximum Gasteiger partial charge on any atom is 0.0935 e. The highest BCUT2D eigenvalue weighted by molar-refractivity contribution is 4.95. The van der Waals surface area contributed by atoms with E-state index in [1.807, 2.05) is 6.92 Å². The molecule has 0 aromatic carbocycles. The average molecular weight is 431 g/mol. The van der Waals surface area contributed by atoms with Gasteiger partial charge in [0.1, 0.15) is 0 Å². The van der Waals surface area contributed by atoms with Crippen molar-refractivity contribution >= 4 is 0 Å². The molecule has 0 bridgehead atoms. The molecular weight excluding hydrogens is 384 g/mol. The van der Waals surface area contributed by atoms with Gasteiger partial charge in [0, 0.05) is 6.61 Å². The molecule has 6 nitrogen and oxygen atoms in total. The fourth-order valence-corrected chi connectivity index (χ4v) is 4.93. The van der Waals surface area contributed by atoms with Crippen LogP contribution in [0.25, 0.3) is 0 Å². The molecule has 30 heavy (non-hydrogen) atoms. The predicted octanol–water partition coefficient (Wildman–Crippen LogP) is 3.98. The quantitative estimate of drug-likeness (QED) is 0.352. The van der Waals surface area contributed by atoms with Gasteiger partial charge in [-0.1, -0.05) is 38.5 Å². The summed E-state index contributed by atoms with van der Waals surface area (Å²) in [6, 6.07) is 0. The van der Waals surface area contributed by atoms with Crippen molar-refractivity contribution in [2.24, 2.45) is 11.8 Å². The topological polar surface area (TPSA) is 66.4 Å². The molecular formula is C24H46O6. The van der Waals surface area contributed by atoms with Crippen molar-refractivity contribution in [1.29, 1.82) is 0 Å². The minimum Gasteiger partial charge on any atom is -0.387 e. The first-order valence-electron chi connectivity index (χ1n) is 12.4. The van der Waals surface area contributed by atoms with Gasteiger partial charge in [-0.2, -0.15) is 0 Å². The second-order valence-electron chi connectivity index (χ2n) is 8.75. The molecule has 0 amide bonds. The van der Waals surface area contributed by atoms with Crippen molar-refractivity contribution < 1.29 is 28.8 Å². The van der Waals surface area contributed by atoms with Gasteiger partial charge in [-0.05, 0) is 44.4 Å². The molecule has 0 aromatic heterocycles. The van der Waals surface area contributed by atoms with E-state index in [1.54, 1.807) is 0 Å². The Hall–Kier alpha value is -0.240. The molecule has 0 heterocycles. The molecule has 0 aliphatic heterocycles. The van der Waals surface area contributed by atoms with Gasteiger partial charge in [0.25, 0.3) is 0 Å². The Morgan fingerprint density at radius 1 is 0.567 bits per heavy atom. The van der Waals surface area contributed by atoms with Crippen LogP contribution in [0, 0.1) is 11.8 Å². The molecule has 2 saturated carbocycles. The normalized spacial score (nSPS) is 19.4. The lowest BCUT2D eigenvalue weighted by molar-refractivity contribution is -0.142. The van der Waals surface area contributed by atoms with Crippen LogP contribution in [0.2, 0.25) is 0 Å². The highest BCUT2D eigenvalue weighted by Crippen LogP contribution is 2.43. The maximum absolute atomic E-state index is 11.6. The summed E-state index contributed by atoms with van der Waals surface area (Å²) in [5.41, 5.74) is -0.647. The fraction of sp³-hybridized carbons (Fsp3) is 1.00. The molecule has 0 unspecified atom stereocenters. The van der Waals surface area contributed by atoms with Gasteiger partial charge in [0.15, 0.2) is 0 Å². The third-order valence-electron chi connectivity index (χ3n) is 6.65. The van der Waals surface area contributed by atoms with Crippen LogP contribution >= 0.6 is 0 Å². The van der Waals surface area contributed by atoms with E-state index < -0.39 is 5.60 Å². The first kappa shape index (κ1) is 26.0. The monoisotopic (exact) mass is 430 g/mol. The zero-order chi connectivity index (χ0) is 21.3. The molecule has 2 rings (SSSR count). The molecule has 0 aromatic rings. The molecule has 1 N–H and O–H groups in total. The lowest BCUT2D eigenvalue weighted by atomic mass is 9.66. The van der Waals surface area contributed by atoms with E-state index >= 15 is 0 Å². The summed E-state index contributed by atoms with van der Waals surface area (Å²) in [5, 5.41) is 11.6. The minimum absolute atomic E-state index is 0.402. The molecule has 178 valence electrons. The van der Waals surface area contributed by atoms with Crippen LogP contribution in [-0.2, 0) is 23.7 Å². The zero-order valence-electron chi connectivity index (χ0n) is 19.3. The summed E-state index contributed by atoms with van der Waals surface area (Å²) in [7, 11) is 0. The maximum atomic E-state index is 11.6. The highest BCUT2D eigenvalue weighted by atomic mass is 16.6. The lowest BCUT2D eigenvalue weighted by Crippen LogP contribution is -2.50. The van der Waals surface area contributed by atoms with Crippen LogP contribution in [-0.4, -0.2) is 76.8 Å². The first-order valence-corrected chi connectivity index (χ1v) is 12.4. The van der Waals surface area contributed by atoms with Crippen molar-refractivity contribution in [2.75, 3.05) is 66.1 Å². The van der Waals surface area contributed by atoms with Crippen LogP contribution in [0.1, 0.15) is 71.1 Å². The van der Waals surface area contributed by atoms with E-state index in [1.165, 1.54) is 38.5 Å². The van der Waals surface area contributed by atoms with E-state index in [0.29, 0.717) is 71.3 Å². The van der Waals surface area contributed by atoms with Crippen molar-refractivity contribution in [3.8, 4) is 0 Å². The van der Waals surface area contributed by atoms with E-state index in [-0.39, 0.29) is 0 Å². The van der Waals surface area contributed by atoms with E-state index in [0.717, 1.165) is 32.3 Å². The standard InChI is InChI=1S/C24H46O6/c1-2-26-13-14-27-15-16-28-17-18-29-19-20-30-21-24(25,22-9-5-3-6-10-22)23-11-7-4-8-12-23/h22-23,25H,2-21H2,1H3. The molecule has 6 heteroatoms. The van der Waals surface area contributed by atoms with Gasteiger partial charge < -0.3 is 28.8 Å². The van der Waals surface area contributed by atoms with Crippen LogP contribution < -0.4 is 0 Å². The largest absolute Gasteiger partial charge is 0.387 e. The summed E-state index contributed by atoms with van der Waals surface area (Å²) in [6.45, 7) is 7.74. The van der Waals surface area contributed by atoms with Gasteiger partial charge in [0.2, 0.25) is 0 Å². The predicted molar refractivity (Wildman–Crippen MR) is 118 cm³/mol. The number of ether oxygens (including phenoxy) is 5. The Bertz CT molecular complexity index is 375. The van der Waals surface area contributed by atoms with Gasteiger partial charge in [-0.15, -0.1) is 0 Å². The Morgan fingerprint density at radius 3 is 1.33 bits per heavy atom. The van der Waals surface area contributed by atoms with Crippen LogP contribution in [0.15, 0.2) is 0 Å². The molecule has 0 atom stereocenters. The minimum atomic E-state index is -0.647. The van der Waals surface area contributed by atoms with E-state index in [4.69, 9.17) is 23.7 Å². The number of aliphatic hydroxyl groups is 1. The van der Waals surface area contributed by atoms with Crippen molar-refractivity contribution in [1.82, 2.24) is 0 Å². The molecule has 2 aliphatic rings. The average Bonchev–Trinajstić information content (AvgIpc) is 2.80. The lowest BCUT2D eigenvalue weighted by Gasteiger charge is -2.45. The number of rotatable bonds is 17. The van der Waals surface area contributed by atoms with Crippen molar-refractivity contribution in [3.05, 3.63) is 0 Å². The summed E-state index contributed by atoms with van der Waals surface area (Å²) in [4.78, 5) is 0. The Labute approximate surface area is 183 Å². The van der Waals surface area contributed by atoms with Crippen LogP contribution in [0.5, 0.6) is 0 Å². The van der Waals surface area contributed by atoms with E-state index in [9.17, 15) is 5.11 Å². The number of hydrogen-bond acceptors (Lipinski definition) is 6. The van der Waals surface area contributed by atoms with Crippen molar-refractivity contribution in [3.63, 3.8) is 0 Å². The van der Waals surface area contributed by atoms with Crippen LogP contribution in [0.3, 0.4) is 0 Å². The Balaban J connectivity index is 1.52. The third-order valence-corrected chi connectivity index (χ3v) is 6.65. The SMILES string of the molecule is CCOCCOCCOCCOCCOCC(O)(C1CCCCC1)C1CCCCC1. The van der Waals surface area contributed by atoms with Gasteiger partial charge in [-0.25, -0.2) is 0 Å². The molecule has 2 aliphatic carbocycles. The first-order chi connectivity index (χ1) is 14.8. The second kappa shape index (κ2) is 16.4. The summed E-state index contributed by atoms with van der Waals surface area (Å²) in [6.07, 6.45) is 12.2. The fourth-order valence-electron chi connectivity index (χ4n) is 4.93. The number of hydrogen-bond donors (Lipinski definition) is 1. The molecule has 0 spiro atoms. The molecule has 0 radical (unpaired) electrons. The smallest absolute Gasteiger partial charge is 0.0935 e. The third kappa shape index (κ3) is 9.92. The molecule has 2 fully saturated rings. The van der Waals surface area contributed by atoms with Gasteiger partial charge in [-0.3, -0.25) is 0 Å². The zero-order valence-corrected chi connectivity index (χ0v) is 19.3. The second-order valence-corrected chi connectivity index (χ2v) is 8.75. The highest BCUT2D eigenvalue weighted by Gasteiger charge is 2.44.